The molecule has 3 heteroatoms. The zero-order valence-corrected chi connectivity index (χ0v) is 11.1. The maximum absolute atomic E-state index is 11.7. The molecule has 0 aromatic heterocycles. The van der Waals surface area contributed by atoms with Gasteiger partial charge >= 0.3 is 5.97 Å². The second-order valence-corrected chi connectivity index (χ2v) is 7.06. The minimum atomic E-state index is -0.189. The second-order valence-electron chi connectivity index (χ2n) is 7.06. The summed E-state index contributed by atoms with van der Waals surface area (Å²) >= 11 is 0. The molecule has 2 saturated carbocycles. The van der Waals surface area contributed by atoms with Crippen LogP contribution < -0.4 is 0 Å². The van der Waals surface area contributed by atoms with Gasteiger partial charge in [0.25, 0.3) is 0 Å². The molecule has 0 radical (unpaired) electrons. The summed E-state index contributed by atoms with van der Waals surface area (Å²) < 4.78 is 11.7. The van der Waals surface area contributed by atoms with E-state index in [0.717, 1.165) is 19.3 Å². The van der Waals surface area contributed by atoms with Crippen molar-refractivity contribution in [3.05, 3.63) is 12.2 Å². The number of ether oxygens (including phenoxy) is 2. The van der Waals surface area contributed by atoms with Crippen molar-refractivity contribution in [2.45, 2.75) is 63.3 Å². The molecule has 5 atom stereocenters. The number of carbonyl (C=O) groups excluding carboxylic acids is 1. The van der Waals surface area contributed by atoms with Crippen molar-refractivity contribution in [2.75, 3.05) is 0 Å². The first-order chi connectivity index (χ1) is 8.41. The zero-order valence-electron chi connectivity index (χ0n) is 11.1. The van der Waals surface area contributed by atoms with E-state index in [0.29, 0.717) is 5.57 Å². The van der Waals surface area contributed by atoms with Gasteiger partial charge in [-0.05, 0) is 39.0 Å². The summed E-state index contributed by atoms with van der Waals surface area (Å²) in [5, 5.41) is 0. The molecule has 1 spiro atoms. The quantitative estimate of drug-likeness (QED) is 0.376. The molecule has 4 fully saturated rings. The zero-order chi connectivity index (χ0) is 12.8. The highest BCUT2D eigenvalue weighted by Gasteiger charge is 2.78. The monoisotopic (exact) mass is 248 g/mol. The van der Waals surface area contributed by atoms with Crippen molar-refractivity contribution >= 4 is 5.97 Å². The molecule has 0 aromatic carbocycles. The molecule has 5 unspecified atom stereocenters. The maximum Gasteiger partial charge on any atom is 0.334 e. The van der Waals surface area contributed by atoms with Crippen LogP contribution in [-0.2, 0) is 14.3 Å². The van der Waals surface area contributed by atoms with Crippen LogP contribution in [0.5, 0.6) is 0 Å². The minimum absolute atomic E-state index is 0.0175. The number of carbonyl (C=O) groups is 1. The standard InChI is InChI=1S/C15H20O3/c1-9-10-7-15-13(2,8-11(10)17-12(9)16)5-4-6-14(15,3)18-15/h10-11H,1,4-8H2,2-3H3. The summed E-state index contributed by atoms with van der Waals surface area (Å²) in [4.78, 5) is 11.7. The molecule has 4 aliphatic rings. The highest BCUT2D eigenvalue weighted by atomic mass is 16.6. The van der Waals surface area contributed by atoms with E-state index in [9.17, 15) is 4.79 Å². The van der Waals surface area contributed by atoms with E-state index in [1.807, 2.05) is 0 Å². The molecular formula is C15H20O3. The van der Waals surface area contributed by atoms with Crippen LogP contribution in [0.1, 0.15) is 46.0 Å². The molecule has 0 bridgehead atoms. The molecule has 98 valence electrons. The number of fused-ring (bicyclic) bond motifs is 1. The van der Waals surface area contributed by atoms with Crippen LogP contribution in [0.4, 0.5) is 0 Å². The van der Waals surface area contributed by atoms with E-state index in [1.165, 1.54) is 12.8 Å². The first kappa shape index (κ1) is 11.0. The lowest BCUT2D eigenvalue weighted by atomic mass is 9.54. The number of rotatable bonds is 0. The fourth-order valence-electron chi connectivity index (χ4n) is 5.03. The summed E-state index contributed by atoms with van der Waals surface area (Å²) in [6, 6.07) is 0. The van der Waals surface area contributed by atoms with Crippen LogP contribution in [0.2, 0.25) is 0 Å². The first-order valence-electron chi connectivity index (χ1n) is 7.01. The van der Waals surface area contributed by atoms with Crippen molar-refractivity contribution in [1.82, 2.24) is 0 Å². The van der Waals surface area contributed by atoms with Gasteiger partial charge in [0, 0.05) is 16.9 Å². The van der Waals surface area contributed by atoms with Crippen LogP contribution in [-0.4, -0.2) is 23.3 Å². The minimum Gasteiger partial charge on any atom is -0.458 e. The summed E-state index contributed by atoms with van der Waals surface area (Å²) in [6.07, 6.45) is 5.48. The molecule has 2 saturated heterocycles. The Kier molecular flexibility index (Phi) is 1.74. The van der Waals surface area contributed by atoms with Gasteiger partial charge in [-0.2, -0.15) is 0 Å². The lowest BCUT2D eigenvalue weighted by Crippen LogP contribution is -2.52. The third-order valence-electron chi connectivity index (χ3n) is 6.15. The Morgan fingerprint density at radius 2 is 2.06 bits per heavy atom. The Labute approximate surface area is 108 Å². The molecule has 2 aliphatic carbocycles. The summed E-state index contributed by atoms with van der Waals surface area (Å²) in [7, 11) is 0. The van der Waals surface area contributed by atoms with Crippen LogP contribution in [0.15, 0.2) is 12.2 Å². The van der Waals surface area contributed by atoms with E-state index in [1.54, 1.807) is 0 Å². The molecule has 4 rings (SSSR count). The SMILES string of the molecule is C=C1C(=O)OC2CC3(C)CCCC4(C)OC34CC12. The van der Waals surface area contributed by atoms with E-state index in [-0.39, 0.29) is 34.6 Å². The fraction of sp³-hybridized carbons (Fsp3) is 0.800. The van der Waals surface area contributed by atoms with Crippen LogP contribution in [0, 0.1) is 11.3 Å². The van der Waals surface area contributed by atoms with E-state index >= 15 is 0 Å². The normalized spacial score (nSPS) is 57.4. The van der Waals surface area contributed by atoms with Gasteiger partial charge in [-0.1, -0.05) is 13.5 Å². The van der Waals surface area contributed by atoms with Gasteiger partial charge in [-0.25, -0.2) is 4.79 Å². The Balaban J connectivity index is 1.74. The summed E-state index contributed by atoms with van der Waals surface area (Å²) in [6.45, 7) is 8.49. The van der Waals surface area contributed by atoms with Gasteiger partial charge in [0.2, 0.25) is 0 Å². The van der Waals surface area contributed by atoms with Gasteiger partial charge in [0.05, 0.1) is 5.60 Å². The lowest BCUT2D eigenvalue weighted by Gasteiger charge is -2.48. The highest BCUT2D eigenvalue weighted by molar-refractivity contribution is 5.91. The molecule has 0 amide bonds. The van der Waals surface area contributed by atoms with Gasteiger partial charge in [-0.3, -0.25) is 0 Å². The first-order valence-corrected chi connectivity index (χ1v) is 7.01. The highest BCUT2D eigenvalue weighted by Crippen LogP contribution is 2.72. The van der Waals surface area contributed by atoms with Crippen LogP contribution in [0.3, 0.4) is 0 Å². The van der Waals surface area contributed by atoms with E-state index < -0.39 is 0 Å². The van der Waals surface area contributed by atoms with Crippen molar-refractivity contribution in [3.8, 4) is 0 Å². The van der Waals surface area contributed by atoms with Crippen LogP contribution in [0.25, 0.3) is 0 Å². The average molecular weight is 248 g/mol. The van der Waals surface area contributed by atoms with Gasteiger partial charge in [0.1, 0.15) is 11.7 Å². The Morgan fingerprint density at radius 3 is 2.83 bits per heavy atom. The summed E-state index contributed by atoms with van der Waals surface area (Å²) in [5.41, 5.74) is 0.860. The number of epoxide rings is 1. The molecule has 0 N–H and O–H groups in total. The van der Waals surface area contributed by atoms with Crippen molar-refractivity contribution < 1.29 is 14.3 Å². The Morgan fingerprint density at radius 1 is 1.28 bits per heavy atom. The number of hydrogen-bond acceptors (Lipinski definition) is 3. The molecular weight excluding hydrogens is 228 g/mol. The molecule has 2 aliphatic heterocycles. The van der Waals surface area contributed by atoms with E-state index in [2.05, 4.69) is 20.4 Å². The Hall–Kier alpha value is -0.830. The van der Waals surface area contributed by atoms with Gasteiger partial charge in [0.15, 0.2) is 0 Å². The average Bonchev–Trinajstić information content (AvgIpc) is 2.82. The van der Waals surface area contributed by atoms with Crippen LogP contribution >= 0.6 is 0 Å². The third kappa shape index (κ3) is 1.00. The Bertz CT molecular complexity index is 470. The largest absolute Gasteiger partial charge is 0.458 e. The molecule has 0 aromatic rings. The van der Waals surface area contributed by atoms with Gasteiger partial charge in [-0.15, -0.1) is 0 Å². The van der Waals surface area contributed by atoms with Crippen molar-refractivity contribution in [2.24, 2.45) is 11.3 Å². The molecule has 18 heavy (non-hydrogen) atoms. The predicted molar refractivity (Wildman–Crippen MR) is 65.9 cm³/mol. The second kappa shape index (κ2) is 2.84. The third-order valence-corrected chi connectivity index (χ3v) is 6.15. The molecule has 2 heterocycles. The lowest BCUT2D eigenvalue weighted by molar-refractivity contribution is -0.143. The molecule has 3 nitrogen and oxygen atoms in total. The summed E-state index contributed by atoms with van der Waals surface area (Å²) in [5.74, 6) is -0.00324. The smallest absolute Gasteiger partial charge is 0.334 e. The predicted octanol–water partition coefficient (Wildman–Crippen LogP) is 2.60. The number of hydrogen-bond donors (Lipinski definition) is 0. The number of esters is 1. The maximum atomic E-state index is 11.7. The van der Waals surface area contributed by atoms with E-state index in [4.69, 9.17) is 9.47 Å². The topological polar surface area (TPSA) is 38.8 Å². The van der Waals surface area contributed by atoms with Crippen molar-refractivity contribution in [1.29, 1.82) is 0 Å². The fourth-order valence-corrected chi connectivity index (χ4v) is 5.03. The van der Waals surface area contributed by atoms with Gasteiger partial charge < -0.3 is 9.47 Å². The van der Waals surface area contributed by atoms with Crippen molar-refractivity contribution in [3.63, 3.8) is 0 Å².